The van der Waals surface area contributed by atoms with Crippen molar-refractivity contribution in [1.82, 2.24) is 21.3 Å². The molecule has 16 nitrogen and oxygen atoms in total. The molecule has 0 aliphatic heterocycles. The van der Waals surface area contributed by atoms with Gasteiger partial charge < -0.3 is 41.0 Å². The predicted molar refractivity (Wildman–Crippen MR) is 269 cm³/mol. The number of carbonyl (C=O) groups excluding carboxylic acids is 6. The smallest absolute Gasteiger partial charge is 0.314 e. The highest BCUT2D eigenvalue weighted by atomic mass is 16.6. The number of rotatable bonds is 24. The van der Waals surface area contributed by atoms with Crippen LogP contribution in [0.25, 0.3) is 0 Å². The van der Waals surface area contributed by atoms with E-state index in [9.17, 15) is 38.4 Å². The summed E-state index contributed by atoms with van der Waals surface area (Å²) in [5.74, 6) is -3.84. The zero-order valence-electron chi connectivity index (χ0n) is 42.3. The van der Waals surface area contributed by atoms with Crippen LogP contribution < -0.4 is 21.3 Å². The lowest BCUT2D eigenvalue weighted by Gasteiger charge is -2.36. The fourth-order valence-electron chi connectivity index (χ4n) is 7.44. The zero-order valence-corrected chi connectivity index (χ0v) is 42.3. The number of Topliss-reactive ketones (excluding diaryl/α,β-unsaturated/α-hetero) is 2. The minimum absolute atomic E-state index is 0.0249. The van der Waals surface area contributed by atoms with Crippen LogP contribution in [0.4, 0.5) is 9.59 Å². The average Bonchev–Trinajstić information content (AvgIpc) is 3.25. The van der Waals surface area contributed by atoms with Crippen LogP contribution in [0.1, 0.15) is 108 Å². The van der Waals surface area contributed by atoms with E-state index in [4.69, 9.17) is 19.7 Å². The molecular formula is C54H72N4O12. The van der Waals surface area contributed by atoms with Crippen LogP contribution in [0.3, 0.4) is 0 Å². The van der Waals surface area contributed by atoms with Crippen molar-refractivity contribution in [2.45, 2.75) is 120 Å². The van der Waals surface area contributed by atoms with Crippen LogP contribution in [0.5, 0.6) is 0 Å². The van der Waals surface area contributed by atoms with Gasteiger partial charge in [0, 0.05) is 39.0 Å². The molecule has 16 heteroatoms. The summed E-state index contributed by atoms with van der Waals surface area (Å²) in [5, 5.41) is 27.0. The first-order valence-corrected chi connectivity index (χ1v) is 23.3. The summed E-state index contributed by atoms with van der Waals surface area (Å²) >= 11 is 0. The molecule has 380 valence electrons. The van der Waals surface area contributed by atoms with Gasteiger partial charge in [0.1, 0.15) is 0 Å². The molecule has 2 atom stereocenters. The Bertz CT molecular complexity index is 2170. The summed E-state index contributed by atoms with van der Waals surface area (Å²) in [6.45, 7) is 19.3. The Balaban J connectivity index is 1.90. The molecule has 0 aromatic rings. The normalized spacial score (nSPS) is 19.2. The molecule has 0 saturated heterocycles. The molecule has 4 amide bonds. The van der Waals surface area contributed by atoms with Gasteiger partial charge >= 0.3 is 35.9 Å². The fraction of sp³-hybridized carbons (Fsp3) is 0.444. The maximum atomic E-state index is 13.2. The molecule has 0 spiro atoms. The van der Waals surface area contributed by atoms with Gasteiger partial charge in [-0.3, -0.25) is 28.8 Å². The van der Waals surface area contributed by atoms with E-state index < -0.39 is 59.0 Å². The average molecular weight is 969 g/mol. The Morgan fingerprint density at radius 1 is 0.514 bits per heavy atom. The number of hydrogen-bond donors (Lipinski definition) is 6. The highest BCUT2D eigenvalue weighted by Crippen LogP contribution is 2.42. The minimum Gasteiger partial charge on any atom is -0.481 e. The van der Waals surface area contributed by atoms with Crippen LogP contribution in [-0.2, 0) is 38.2 Å². The lowest BCUT2D eigenvalue weighted by atomic mass is 9.71. The molecule has 2 aliphatic rings. The number of allylic oxidation sites excluding steroid dienone is 20. The summed E-state index contributed by atoms with van der Waals surface area (Å²) in [7, 11) is 0. The van der Waals surface area contributed by atoms with Crippen LogP contribution in [0, 0.1) is 10.8 Å². The first-order chi connectivity index (χ1) is 32.8. The van der Waals surface area contributed by atoms with Crippen molar-refractivity contribution >= 4 is 47.5 Å². The van der Waals surface area contributed by atoms with E-state index in [-0.39, 0.29) is 63.4 Å². The maximum Gasteiger partial charge on any atom is 0.314 e. The van der Waals surface area contributed by atoms with E-state index >= 15 is 0 Å². The lowest BCUT2D eigenvalue weighted by Crippen LogP contribution is -2.40. The summed E-state index contributed by atoms with van der Waals surface area (Å²) in [6.07, 6.45) is 25.6. The molecule has 0 bridgehead atoms. The third-order valence-electron chi connectivity index (χ3n) is 11.3. The topological polar surface area (TPSA) is 244 Å². The van der Waals surface area contributed by atoms with Crippen LogP contribution in [0.15, 0.2) is 130 Å². The lowest BCUT2D eigenvalue weighted by molar-refractivity contribution is -0.156. The number of hydrogen-bond acceptors (Lipinski definition) is 10. The number of amides is 4. The minimum atomic E-state index is -1.04. The number of carbonyl (C=O) groups is 8. The number of carboxylic acid groups (broad SMARTS) is 2. The zero-order chi connectivity index (χ0) is 52.6. The van der Waals surface area contributed by atoms with E-state index in [0.29, 0.717) is 24.0 Å². The van der Waals surface area contributed by atoms with Crippen LogP contribution >= 0.6 is 0 Å². The number of ether oxygens (including phenoxy) is 2. The second kappa shape index (κ2) is 29.0. The molecule has 0 heterocycles. The number of esters is 2. The van der Waals surface area contributed by atoms with Crippen molar-refractivity contribution in [2.24, 2.45) is 10.8 Å². The van der Waals surface area contributed by atoms with Gasteiger partial charge in [-0.2, -0.15) is 0 Å². The summed E-state index contributed by atoms with van der Waals surface area (Å²) in [4.78, 5) is 96.1. The molecule has 0 saturated carbocycles. The van der Waals surface area contributed by atoms with E-state index in [0.717, 1.165) is 33.4 Å². The largest absolute Gasteiger partial charge is 0.481 e. The third-order valence-corrected chi connectivity index (χ3v) is 11.3. The Hall–Kier alpha value is -7.10. The van der Waals surface area contributed by atoms with Gasteiger partial charge in [0.25, 0.3) is 0 Å². The fourth-order valence-corrected chi connectivity index (χ4v) is 7.44. The van der Waals surface area contributed by atoms with Gasteiger partial charge in [0.2, 0.25) is 0 Å². The molecule has 2 aliphatic carbocycles. The van der Waals surface area contributed by atoms with E-state index in [1.807, 2.05) is 140 Å². The van der Waals surface area contributed by atoms with Crippen molar-refractivity contribution in [2.75, 3.05) is 26.2 Å². The predicted octanol–water partition coefficient (Wildman–Crippen LogP) is 8.34. The maximum absolute atomic E-state index is 13.2. The van der Waals surface area contributed by atoms with E-state index in [1.54, 1.807) is 13.8 Å². The van der Waals surface area contributed by atoms with Gasteiger partial charge in [-0.15, -0.1) is 0 Å². The molecule has 70 heavy (non-hydrogen) atoms. The molecule has 0 unspecified atom stereocenters. The van der Waals surface area contributed by atoms with Gasteiger partial charge in [-0.25, -0.2) is 9.59 Å². The van der Waals surface area contributed by atoms with Gasteiger partial charge in [-0.05, 0) is 74.7 Å². The highest BCUT2D eigenvalue weighted by Gasteiger charge is 2.41. The number of nitrogens with one attached hydrogen (secondary N) is 4. The first kappa shape index (κ1) is 59.0. The highest BCUT2D eigenvalue weighted by molar-refractivity contribution is 6.02. The third kappa shape index (κ3) is 21.9. The molecule has 0 fully saturated rings. The standard InChI is InChI=1S/C54H72N4O12/c1-35(17-13-19-37(3)21-23-41-39(5)49(65)43(33-53(41,7)8)69-47(63)27-31-57-51(67)55-29-25-45(59)60)15-11-12-16-36(2)18-14-20-38(4)22-24-42-40(6)50(66)44(34-54(42,9)10)70-48(64)28-32-58-52(68)56-30-26-46(61)62/h11-24,43-44H,25-34H2,1-10H3,(H,59,60)(H,61,62)(H2,55,57,67)(H2,56,58,68)/b12-11+,17-13+,18-14+,23-21+,24-22+,35-15+,36-16+,37-19+,38-20+/t43-,44-/m0/s1. The SMILES string of the molecule is CC1=C(/C=C/C(C)=C/C=C/C(C)=C/C=C/C=C(C)/C=C/C=C(C)/C=C/C2=C(C)C(=O)[C@@H](OC(=O)CCNC(=O)NCCC(=O)O)CC2(C)C)C(C)(C)C[C@H](OC(=O)CCNC(=O)NCCC(=O)O)C1=O. The van der Waals surface area contributed by atoms with E-state index in [1.165, 1.54) is 0 Å². The van der Waals surface area contributed by atoms with Crippen molar-refractivity contribution in [3.8, 4) is 0 Å². The second-order valence-electron chi connectivity index (χ2n) is 18.5. The van der Waals surface area contributed by atoms with Crippen molar-refractivity contribution < 1.29 is 58.0 Å². The van der Waals surface area contributed by atoms with Crippen molar-refractivity contribution in [3.05, 3.63) is 130 Å². The molecule has 2 rings (SSSR count). The van der Waals surface area contributed by atoms with Crippen LogP contribution in [0.2, 0.25) is 0 Å². The summed E-state index contributed by atoms with van der Waals surface area (Å²) < 4.78 is 11.0. The number of ketones is 2. The Morgan fingerprint density at radius 2 is 0.814 bits per heavy atom. The molecular weight excluding hydrogens is 897 g/mol. The van der Waals surface area contributed by atoms with Gasteiger partial charge in [0.15, 0.2) is 23.8 Å². The van der Waals surface area contributed by atoms with E-state index in [2.05, 4.69) is 21.3 Å². The first-order valence-electron chi connectivity index (χ1n) is 23.3. The van der Waals surface area contributed by atoms with Gasteiger partial charge in [0.05, 0.1) is 25.7 Å². The number of aliphatic carboxylic acids is 2. The molecule has 0 aromatic carbocycles. The van der Waals surface area contributed by atoms with Crippen molar-refractivity contribution in [1.29, 1.82) is 0 Å². The second-order valence-corrected chi connectivity index (χ2v) is 18.5. The molecule has 6 N–H and O–H groups in total. The number of carboxylic acids is 2. The van der Waals surface area contributed by atoms with Crippen molar-refractivity contribution in [3.63, 3.8) is 0 Å². The van der Waals surface area contributed by atoms with Crippen LogP contribution in [-0.4, -0.2) is 96.1 Å². The summed E-state index contributed by atoms with van der Waals surface area (Å²) in [5.41, 5.74) is 5.88. The van der Waals surface area contributed by atoms with Gasteiger partial charge in [-0.1, -0.05) is 135 Å². The Morgan fingerprint density at radius 3 is 1.14 bits per heavy atom. The number of urea groups is 2. The molecule has 0 radical (unpaired) electrons. The summed E-state index contributed by atoms with van der Waals surface area (Å²) in [6, 6.07) is -1.19. The molecule has 0 aromatic heterocycles. The Kier molecular flexibility index (Phi) is 24.5. The Labute approximate surface area is 412 Å². The quantitative estimate of drug-likeness (QED) is 0.0395. The monoisotopic (exact) mass is 969 g/mol.